The van der Waals surface area contributed by atoms with Gasteiger partial charge in [0.1, 0.15) is 22.7 Å². The molecule has 1 saturated carbocycles. The van der Waals surface area contributed by atoms with Crippen molar-refractivity contribution in [1.29, 1.82) is 5.26 Å². The molecule has 0 unspecified atom stereocenters. The summed E-state index contributed by atoms with van der Waals surface area (Å²) in [5.41, 5.74) is -0.797. The highest BCUT2D eigenvalue weighted by atomic mass is 35.5. The van der Waals surface area contributed by atoms with E-state index in [9.17, 15) is 32.0 Å². The number of hydrogen-bond acceptors (Lipinski definition) is 4. The highest BCUT2D eigenvalue weighted by molar-refractivity contribution is 6.30. The molecule has 3 rings (SSSR count). The number of alkyl halides is 3. The maximum Gasteiger partial charge on any atom is 0.426 e. The molecule has 0 saturated heterocycles. The molecule has 0 radical (unpaired) electrons. The third-order valence-electron chi connectivity index (χ3n) is 5.39. The Kier molecular flexibility index (Phi) is 6.70. The van der Waals surface area contributed by atoms with Gasteiger partial charge in [0, 0.05) is 11.6 Å². The van der Waals surface area contributed by atoms with Crippen LogP contribution in [0.3, 0.4) is 0 Å². The summed E-state index contributed by atoms with van der Waals surface area (Å²) in [5, 5.41) is 8.13. The van der Waals surface area contributed by atoms with E-state index in [4.69, 9.17) is 21.1 Å². The van der Waals surface area contributed by atoms with Crippen molar-refractivity contribution in [1.82, 2.24) is 0 Å². The van der Waals surface area contributed by atoms with E-state index < -0.39 is 52.2 Å². The molecule has 0 spiro atoms. The predicted octanol–water partition coefficient (Wildman–Crippen LogP) is 6.82. The average molecular weight is 486 g/mol. The molecule has 2 aromatic rings. The molecule has 3 atom stereocenters. The van der Waals surface area contributed by atoms with Crippen LogP contribution < -0.4 is 4.74 Å². The first-order valence-electron chi connectivity index (χ1n) is 9.62. The Balaban J connectivity index is 1.77. The van der Waals surface area contributed by atoms with Crippen LogP contribution in [0.1, 0.15) is 25.5 Å². The first-order chi connectivity index (χ1) is 15.3. The molecule has 10 heteroatoms. The van der Waals surface area contributed by atoms with Crippen molar-refractivity contribution in [2.75, 3.05) is 0 Å². The minimum atomic E-state index is -4.74. The molecule has 1 aliphatic rings. The zero-order chi connectivity index (χ0) is 24.6. The van der Waals surface area contributed by atoms with E-state index in [1.54, 1.807) is 19.9 Å². The van der Waals surface area contributed by atoms with Crippen LogP contribution in [-0.4, -0.2) is 12.1 Å². The number of allylic oxidation sites excluding steroid dienone is 2. The molecule has 0 bridgehead atoms. The lowest BCUT2D eigenvalue weighted by Crippen LogP contribution is -2.15. The minimum absolute atomic E-state index is 0.00690. The quantitative estimate of drug-likeness (QED) is 0.332. The average Bonchev–Trinajstić information content (AvgIpc) is 3.27. The minimum Gasteiger partial charge on any atom is -0.454 e. The number of ether oxygens (including phenoxy) is 2. The third-order valence-corrected chi connectivity index (χ3v) is 5.73. The van der Waals surface area contributed by atoms with Crippen LogP contribution in [-0.2, 0) is 9.53 Å². The fourth-order valence-corrected chi connectivity index (χ4v) is 3.60. The monoisotopic (exact) mass is 485 g/mol. The number of rotatable bonds is 6. The number of esters is 1. The lowest BCUT2D eigenvalue weighted by Gasteiger charge is -2.14. The zero-order valence-corrected chi connectivity index (χ0v) is 18.0. The second kappa shape index (κ2) is 9.02. The lowest BCUT2D eigenvalue weighted by atomic mass is 10.1. The summed E-state index contributed by atoms with van der Waals surface area (Å²) in [4.78, 5) is 12.6. The fraction of sp³-hybridized carbons (Fsp3) is 0.304. The molecule has 0 amide bonds. The number of benzene rings is 2. The van der Waals surface area contributed by atoms with Crippen molar-refractivity contribution in [3.8, 4) is 17.6 Å². The van der Waals surface area contributed by atoms with Gasteiger partial charge >= 0.3 is 12.1 Å². The van der Waals surface area contributed by atoms with E-state index in [1.807, 2.05) is 0 Å². The second-order valence-electron chi connectivity index (χ2n) is 8.03. The van der Waals surface area contributed by atoms with Crippen LogP contribution in [0.2, 0.25) is 0 Å². The van der Waals surface area contributed by atoms with E-state index in [1.165, 1.54) is 24.3 Å². The molecule has 1 aliphatic carbocycles. The third kappa shape index (κ3) is 5.45. The molecule has 1 fully saturated rings. The van der Waals surface area contributed by atoms with Crippen molar-refractivity contribution < 1.29 is 36.2 Å². The van der Waals surface area contributed by atoms with E-state index in [2.05, 4.69) is 0 Å². The Morgan fingerprint density at radius 2 is 1.91 bits per heavy atom. The van der Waals surface area contributed by atoms with Crippen LogP contribution in [0.5, 0.6) is 11.5 Å². The van der Waals surface area contributed by atoms with Gasteiger partial charge < -0.3 is 9.47 Å². The van der Waals surface area contributed by atoms with Crippen molar-refractivity contribution in [2.45, 2.75) is 26.1 Å². The van der Waals surface area contributed by atoms with E-state index in [0.717, 1.165) is 24.3 Å². The molecular weight excluding hydrogens is 469 g/mol. The second-order valence-corrected chi connectivity index (χ2v) is 8.44. The topological polar surface area (TPSA) is 59.3 Å². The Morgan fingerprint density at radius 3 is 2.52 bits per heavy atom. The summed E-state index contributed by atoms with van der Waals surface area (Å²) < 4.78 is 76.2. The van der Waals surface area contributed by atoms with Gasteiger partial charge in [-0.1, -0.05) is 43.7 Å². The molecule has 0 N–H and O–H groups in total. The van der Waals surface area contributed by atoms with Crippen LogP contribution in [0.4, 0.5) is 22.0 Å². The number of carbonyl (C=O) groups is 1. The van der Waals surface area contributed by atoms with Crippen molar-refractivity contribution >= 4 is 17.6 Å². The lowest BCUT2D eigenvalue weighted by molar-refractivity contribution is -0.149. The van der Waals surface area contributed by atoms with Gasteiger partial charge in [0.2, 0.25) is 6.10 Å². The van der Waals surface area contributed by atoms with Crippen LogP contribution in [0, 0.1) is 40.2 Å². The largest absolute Gasteiger partial charge is 0.454 e. The molecule has 4 nitrogen and oxygen atoms in total. The first-order valence-corrected chi connectivity index (χ1v) is 10.00. The first kappa shape index (κ1) is 24.5. The van der Waals surface area contributed by atoms with Crippen LogP contribution >= 0.6 is 11.6 Å². The van der Waals surface area contributed by atoms with Crippen molar-refractivity contribution in [2.24, 2.45) is 17.3 Å². The van der Waals surface area contributed by atoms with Gasteiger partial charge in [0.25, 0.3) is 0 Å². The highest BCUT2D eigenvalue weighted by Crippen LogP contribution is 2.60. The Morgan fingerprint density at radius 1 is 1.21 bits per heavy atom. The number of halogens is 6. The van der Waals surface area contributed by atoms with Gasteiger partial charge in [-0.2, -0.15) is 18.4 Å². The molecule has 0 heterocycles. The molecule has 174 valence electrons. The summed E-state index contributed by atoms with van der Waals surface area (Å²) in [6.07, 6.45) is -5.46. The molecule has 33 heavy (non-hydrogen) atoms. The Labute approximate surface area is 191 Å². The van der Waals surface area contributed by atoms with Gasteiger partial charge in [-0.3, -0.25) is 4.79 Å². The molecule has 0 aromatic heterocycles. The highest BCUT2D eigenvalue weighted by Gasteiger charge is 2.62. The normalized spacial score (nSPS) is 20.5. The number of carbonyl (C=O) groups excluding carboxylic acids is 1. The predicted molar refractivity (Wildman–Crippen MR) is 108 cm³/mol. The summed E-state index contributed by atoms with van der Waals surface area (Å²) in [6.45, 7) is 3.15. The van der Waals surface area contributed by atoms with Crippen LogP contribution in [0.25, 0.3) is 0 Å². The summed E-state index contributed by atoms with van der Waals surface area (Å²) in [6, 6.07) is 10.0. The van der Waals surface area contributed by atoms with E-state index in [-0.39, 0.29) is 17.1 Å². The number of hydrogen-bond donors (Lipinski definition) is 0. The molecule has 2 aromatic carbocycles. The summed E-state index contributed by atoms with van der Waals surface area (Å²) in [5.74, 6) is -4.41. The van der Waals surface area contributed by atoms with Gasteiger partial charge in [0.05, 0.1) is 5.92 Å². The Bertz CT molecular complexity index is 1140. The smallest absolute Gasteiger partial charge is 0.426 e. The molecular formula is C23H17ClF5NO3. The standard InChI is InChI=1S/C23H17ClF5NO3/c1-22(2)15(10-19(24)23(27,28)29)20(22)21(31)33-18(11-30)12-6-7-16(26)17(8-12)32-14-5-3-4-13(25)9-14/h3-10,15,18,20H,1-2H3/b19-10-/t15-,18-,20-/m0/s1. The van der Waals surface area contributed by atoms with Gasteiger partial charge in [-0.25, -0.2) is 8.78 Å². The SMILES string of the molecule is CC1(C)[C@H](C(=O)O[C@@H](C#N)c2ccc(F)c(Oc3cccc(F)c3)c2)[C@@H]1/C=C(\Cl)C(F)(F)F. The van der Waals surface area contributed by atoms with Gasteiger partial charge in [0.15, 0.2) is 11.6 Å². The molecule has 0 aliphatic heterocycles. The van der Waals surface area contributed by atoms with Gasteiger partial charge in [-0.15, -0.1) is 0 Å². The van der Waals surface area contributed by atoms with E-state index >= 15 is 0 Å². The zero-order valence-electron chi connectivity index (χ0n) is 17.3. The Hall–Kier alpha value is -3.12. The summed E-state index contributed by atoms with van der Waals surface area (Å²) >= 11 is 5.29. The van der Waals surface area contributed by atoms with E-state index in [0.29, 0.717) is 0 Å². The van der Waals surface area contributed by atoms with Crippen molar-refractivity contribution in [3.63, 3.8) is 0 Å². The number of nitrogens with zero attached hydrogens (tertiary/aromatic N) is 1. The van der Waals surface area contributed by atoms with Crippen LogP contribution in [0.15, 0.2) is 53.6 Å². The summed E-state index contributed by atoms with van der Waals surface area (Å²) in [7, 11) is 0. The fourth-order valence-electron chi connectivity index (χ4n) is 3.47. The van der Waals surface area contributed by atoms with Crippen molar-refractivity contribution in [3.05, 3.63) is 70.8 Å². The maximum atomic E-state index is 14.2. The number of nitriles is 1. The maximum absolute atomic E-state index is 14.2. The van der Waals surface area contributed by atoms with Gasteiger partial charge in [-0.05, 0) is 35.6 Å².